The van der Waals surface area contributed by atoms with Crippen LogP contribution in [-0.4, -0.2) is 47.9 Å². The third-order valence-corrected chi connectivity index (χ3v) is 3.26. The van der Waals surface area contributed by atoms with Crippen molar-refractivity contribution < 1.29 is 9.47 Å². The van der Waals surface area contributed by atoms with Gasteiger partial charge in [-0.1, -0.05) is 0 Å². The molecule has 19 heavy (non-hydrogen) atoms. The van der Waals surface area contributed by atoms with Crippen LogP contribution < -0.4 is 9.64 Å². The van der Waals surface area contributed by atoms with Gasteiger partial charge in [-0.15, -0.1) is 0 Å². The van der Waals surface area contributed by atoms with Crippen LogP contribution in [0.4, 0.5) is 5.95 Å². The van der Waals surface area contributed by atoms with Crippen molar-refractivity contribution in [3.05, 3.63) is 5.28 Å². The molecule has 1 aliphatic rings. The molecule has 1 unspecified atom stereocenters. The van der Waals surface area contributed by atoms with E-state index < -0.39 is 0 Å². The van der Waals surface area contributed by atoms with Gasteiger partial charge in [-0.05, 0) is 31.9 Å². The van der Waals surface area contributed by atoms with E-state index in [2.05, 4.69) is 15.0 Å². The van der Waals surface area contributed by atoms with Crippen LogP contribution in [0.3, 0.4) is 0 Å². The summed E-state index contributed by atoms with van der Waals surface area (Å²) in [5.74, 6) is 0.968. The highest BCUT2D eigenvalue weighted by Gasteiger charge is 2.18. The maximum atomic E-state index is 5.91. The zero-order valence-electron chi connectivity index (χ0n) is 11.3. The van der Waals surface area contributed by atoms with Gasteiger partial charge in [0, 0.05) is 25.6 Å². The summed E-state index contributed by atoms with van der Waals surface area (Å²) in [6.45, 7) is 7.80. The first kappa shape index (κ1) is 14.3. The first-order chi connectivity index (χ1) is 9.22. The Bertz CT molecular complexity index is 409. The lowest BCUT2D eigenvalue weighted by Gasteiger charge is -2.18. The van der Waals surface area contributed by atoms with Gasteiger partial charge in [0.05, 0.1) is 13.2 Å². The van der Waals surface area contributed by atoms with Gasteiger partial charge >= 0.3 is 6.01 Å². The van der Waals surface area contributed by atoms with E-state index in [-0.39, 0.29) is 11.3 Å². The van der Waals surface area contributed by atoms with Crippen molar-refractivity contribution in [2.45, 2.75) is 20.3 Å². The van der Waals surface area contributed by atoms with E-state index in [4.69, 9.17) is 21.1 Å². The van der Waals surface area contributed by atoms with E-state index in [0.717, 1.165) is 32.7 Å². The van der Waals surface area contributed by atoms with Crippen molar-refractivity contribution in [2.75, 3.05) is 37.8 Å². The van der Waals surface area contributed by atoms with Gasteiger partial charge in [0.2, 0.25) is 11.2 Å². The van der Waals surface area contributed by atoms with Crippen LogP contribution in [0.25, 0.3) is 0 Å². The summed E-state index contributed by atoms with van der Waals surface area (Å²) in [6.07, 6.45) is 1.02. The molecule has 0 aliphatic carbocycles. The number of hydrogen-bond acceptors (Lipinski definition) is 6. The quantitative estimate of drug-likeness (QED) is 0.794. The highest BCUT2D eigenvalue weighted by molar-refractivity contribution is 6.28. The highest BCUT2D eigenvalue weighted by atomic mass is 35.5. The number of halogens is 1. The predicted molar refractivity (Wildman–Crippen MR) is 72.8 cm³/mol. The molecule has 0 saturated carbocycles. The number of hydrogen-bond donors (Lipinski definition) is 0. The Hall–Kier alpha value is -1.14. The lowest BCUT2D eigenvalue weighted by molar-refractivity contribution is 0.163. The third-order valence-electron chi connectivity index (χ3n) is 3.09. The Morgan fingerprint density at radius 2 is 2.11 bits per heavy atom. The molecular weight excluding hydrogens is 268 g/mol. The monoisotopic (exact) mass is 286 g/mol. The Kier molecular flexibility index (Phi) is 5.15. The summed E-state index contributed by atoms with van der Waals surface area (Å²) in [7, 11) is 0. The van der Waals surface area contributed by atoms with Crippen LogP contribution >= 0.6 is 11.6 Å². The number of anilines is 1. The Morgan fingerprint density at radius 3 is 2.74 bits per heavy atom. The molecule has 1 aliphatic heterocycles. The standard InChI is InChI=1S/C12H19ClN4O2/c1-3-17(4-2)11-14-10(13)15-12(16-11)19-8-9-5-6-18-7-9/h9H,3-8H2,1-2H3. The summed E-state index contributed by atoms with van der Waals surface area (Å²) in [6, 6.07) is 0.286. The SMILES string of the molecule is CCN(CC)c1nc(Cl)nc(OCC2CCOC2)n1. The van der Waals surface area contributed by atoms with Crippen molar-refractivity contribution in [3.63, 3.8) is 0 Å². The number of rotatable bonds is 6. The van der Waals surface area contributed by atoms with Crippen LogP contribution in [0.2, 0.25) is 5.28 Å². The molecule has 6 nitrogen and oxygen atoms in total. The van der Waals surface area contributed by atoms with Crippen LogP contribution in [0, 0.1) is 5.92 Å². The van der Waals surface area contributed by atoms with Crippen LogP contribution in [0.15, 0.2) is 0 Å². The second-order valence-electron chi connectivity index (χ2n) is 4.40. The third kappa shape index (κ3) is 3.91. The van der Waals surface area contributed by atoms with E-state index in [0.29, 0.717) is 18.5 Å². The zero-order valence-corrected chi connectivity index (χ0v) is 12.1. The topological polar surface area (TPSA) is 60.4 Å². The van der Waals surface area contributed by atoms with E-state index >= 15 is 0 Å². The summed E-state index contributed by atoms with van der Waals surface area (Å²) < 4.78 is 10.9. The molecule has 0 aromatic carbocycles. The molecule has 106 valence electrons. The Morgan fingerprint density at radius 1 is 1.32 bits per heavy atom. The van der Waals surface area contributed by atoms with Gasteiger partial charge < -0.3 is 14.4 Å². The Balaban J connectivity index is 2.03. The molecule has 0 radical (unpaired) electrons. The lowest BCUT2D eigenvalue weighted by atomic mass is 10.1. The van der Waals surface area contributed by atoms with Gasteiger partial charge in [-0.25, -0.2) is 0 Å². The average molecular weight is 287 g/mol. The number of aromatic nitrogens is 3. The van der Waals surface area contributed by atoms with E-state index in [1.807, 2.05) is 18.7 Å². The summed E-state index contributed by atoms with van der Waals surface area (Å²) >= 11 is 5.91. The van der Waals surface area contributed by atoms with Gasteiger partial charge in [0.25, 0.3) is 0 Å². The fourth-order valence-corrected chi connectivity index (χ4v) is 2.09. The molecule has 1 aromatic rings. The maximum absolute atomic E-state index is 5.91. The van der Waals surface area contributed by atoms with Crippen molar-refractivity contribution in [3.8, 4) is 6.01 Å². The largest absolute Gasteiger partial charge is 0.463 e. The molecular formula is C12H19ClN4O2. The van der Waals surface area contributed by atoms with Gasteiger partial charge in [0.15, 0.2) is 0 Å². The fourth-order valence-electron chi connectivity index (χ4n) is 1.94. The van der Waals surface area contributed by atoms with Crippen LogP contribution in [0.1, 0.15) is 20.3 Å². The molecule has 1 atom stereocenters. The maximum Gasteiger partial charge on any atom is 0.322 e. The number of nitrogens with zero attached hydrogens (tertiary/aromatic N) is 4. The van der Waals surface area contributed by atoms with Crippen molar-refractivity contribution in [1.82, 2.24) is 15.0 Å². The molecule has 1 saturated heterocycles. The van der Waals surface area contributed by atoms with Crippen molar-refractivity contribution in [2.24, 2.45) is 5.92 Å². The minimum atomic E-state index is 0.162. The van der Waals surface area contributed by atoms with Crippen LogP contribution in [0.5, 0.6) is 6.01 Å². The molecule has 2 heterocycles. The van der Waals surface area contributed by atoms with E-state index in [1.54, 1.807) is 0 Å². The Labute approximate surface area is 118 Å². The molecule has 1 fully saturated rings. The molecule has 0 amide bonds. The normalized spacial score (nSPS) is 18.6. The zero-order chi connectivity index (χ0) is 13.7. The number of ether oxygens (including phenoxy) is 2. The lowest BCUT2D eigenvalue weighted by Crippen LogP contribution is -2.25. The molecule has 0 bridgehead atoms. The average Bonchev–Trinajstić information content (AvgIpc) is 2.90. The minimum absolute atomic E-state index is 0.162. The highest BCUT2D eigenvalue weighted by Crippen LogP contribution is 2.17. The van der Waals surface area contributed by atoms with Crippen molar-refractivity contribution in [1.29, 1.82) is 0 Å². The van der Waals surface area contributed by atoms with E-state index in [1.165, 1.54) is 0 Å². The second kappa shape index (κ2) is 6.86. The van der Waals surface area contributed by atoms with E-state index in [9.17, 15) is 0 Å². The van der Waals surface area contributed by atoms with Gasteiger partial charge in [-0.2, -0.15) is 15.0 Å². The van der Waals surface area contributed by atoms with Gasteiger partial charge in [0.1, 0.15) is 0 Å². The van der Waals surface area contributed by atoms with Crippen molar-refractivity contribution >= 4 is 17.5 Å². The smallest absolute Gasteiger partial charge is 0.322 e. The first-order valence-electron chi connectivity index (χ1n) is 6.60. The predicted octanol–water partition coefficient (Wildman–Crippen LogP) is 1.79. The molecule has 0 N–H and O–H groups in total. The molecule has 7 heteroatoms. The molecule has 0 spiro atoms. The molecule has 1 aromatic heterocycles. The summed E-state index contributed by atoms with van der Waals surface area (Å²) in [4.78, 5) is 14.4. The van der Waals surface area contributed by atoms with Gasteiger partial charge in [-0.3, -0.25) is 0 Å². The van der Waals surface area contributed by atoms with Crippen LogP contribution in [-0.2, 0) is 4.74 Å². The summed E-state index contributed by atoms with van der Waals surface area (Å²) in [5, 5.41) is 0.162. The summed E-state index contributed by atoms with van der Waals surface area (Å²) in [5.41, 5.74) is 0. The second-order valence-corrected chi connectivity index (χ2v) is 4.74. The first-order valence-corrected chi connectivity index (χ1v) is 6.97. The molecule has 2 rings (SSSR count). The fraction of sp³-hybridized carbons (Fsp3) is 0.750. The minimum Gasteiger partial charge on any atom is -0.463 e.